The van der Waals surface area contributed by atoms with E-state index in [0.29, 0.717) is 11.8 Å². The number of hydrogen-bond donors (Lipinski definition) is 0. The van der Waals surface area contributed by atoms with Crippen LogP contribution in [-0.2, 0) is 6.54 Å². The van der Waals surface area contributed by atoms with Gasteiger partial charge >= 0.3 is 0 Å². The van der Waals surface area contributed by atoms with Gasteiger partial charge in [0, 0.05) is 29.3 Å². The zero-order valence-corrected chi connectivity index (χ0v) is 11.2. The first-order chi connectivity index (χ1) is 9.61. The molecule has 1 aliphatic heterocycles. The molecular weight excluding hydrogens is 258 g/mol. The fourth-order valence-electron chi connectivity index (χ4n) is 3.56. The topological polar surface area (TPSA) is 17.3 Å². The molecule has 20 heavy (non-hydrogen) atoms. The largest absolute Gasteiger partial charge is 0.329 e. The average Bonchev–Trinajstić information content (AvgIpc) is 3.00. The first kappa shape index (κ1) is 11.8. The van der Waals surface area contributed by atoms with Crippen molar-refractivity contribution in [2.75, 3.05) is 0 Å². The Bertz CT molecular complexity index is 745. The highest BCUT2D eigenvalue weighted by molar-refractivity contribution is 5.78. The minimum Gasteiger partial charge on any atom is -0.329 e. The van der Waals surface area contributed by atoms with E-state index >= 15 is 0 Å². The quantitative estimate of drug-likeness (QED) is 0.729. The van der Waals surface area contributed by atoms with Gasteiger partial charge in [-0.3, -0.25) is 0 Å². The van der Waals surface area contributed by atoms with E-state index in [1.165, 1.54) is 24.2 Å². The number of halogens is 2. The van der Waals surface area contributed by atoms with Gasteiger partial charge in [-0.2, -0.15) is 0 Å². The van der Waals surface area contributed by atoms with Gasteiger partial charge in [-0.25, -0.2) is 13.8 Å². The number of nitrogens with zero attached hydrogens (tertiary/aromatic N) is 2. The molecule has 2 heterocycles. The van der Waals surface area contributed by atoms with Crippen LogP contribution in [0.3, 0.4) is 0 Å². The van der Waals surface area contributed by atoms with E-state index < -0.39 is 11.6 Å². The van der Waals surface area contributed by atoms with E-state index in [1.54, 1.807) is 6.07 Å². The van der Waals surface area contributed by atoms with Crippen LogP contribution >= 0.6 is 0 Å². The molecule has 0 spiro atoms. The summed E-state index contributed by atoms with van der Waals surface area (Å²) in [5.41, 5.74) is 3.97. The Balaban J connectivity index is 1.98. The van der Waals surface area contributed by atoms with Gasteiger partial charge in [-0.1, -0.05) is 6.07 Å². The van der Waals surface area contributed by atoms with E-state index in [9.17, 15) is 8.78 Å². The lowest BCUT2D eigenvalue weighted by Gasteiger charge is -2.06. The number of fused-ring (bicyclic) bond motifs is 3. The second-order valence-corrected chi connectivity index (χ2v) is 5.71. The SMILES string of the molecule is C=Nc1c(C)c(-c2ccc(F)c(F)c2)c2n1CC1CC21. The maximum atomic E-state index is 13.5. The second kappa shape index (κ2) is 3.78. The number of benzene rings is 1. The second-order valence-electron chi connectivity index (χ2n) is 5.71. The number of rotatable bonds is 2. The Morgan fingerprint density at radius 1 is 1.30 bits per heavy atom. The molecule has 2 nitrogen and oxygen atoms in total. The van der Waals surface area contributed by atoms with Gasteiger partial charge in [-0.05, 0) is 43.7 Å². The summed E-state index contributed by atoms with van der Waals surface area (Å²) >= 11 is 0. The van der Waals surface area contributed by atoms with Gasteiger partial charge in [0.25, 0.3) is 0 Å². The summed E-state index contributed by atoms with van der Waals surface area (Å²) in [5.74, 6) is 0.489. The summed E-state index contributed by atoms with van der Waals surface area (Å²) in [4.78, 5) is 4.13. The standard InChI is InChI=1S/C16H14F2N2/c1-8-14(9-3-4-12(17)13(18)6-9)15-11-5-10(11)7-20(15)16(8)19-2/h3-4,6,10-11H,2,5,7H2,1H3. The van der Waals surface area contributed by atoms with E-state index in [2.05, 4.69) is 16.3 Å². The van der Waals surface area contributed by atoms with Gasteiger partial charge in [0.2, 0.25) is 0 Å². The minimum atomic E-state index is -0.811. The van der Waals surface area contributed by atoms with Crippen LogP contribution < -0.4 is 0 Å². The van der Waals surface area contributed by atoms with Crippen molar-refractivity contribution in [1.82, 2.24) is 4.57 Å². The zero-order valence-electron chi connectivity index (χ0n) is 11.2. The first-order valence-electron chi connectivity index (χ1n) is 6.77. The summed E-state index contributed by atoms with van der Waals surface area (Å²) in [6.07, 6.45) is 1.19. The fourth-order valence-corrected chi connectivity index (χ4v) is 3.56. The lowest BCUT2D eigenvalue weighted by atomic mass is 9.99. The van der Waals surface area contributed by atoms with Crippen LogP contribution in [0, 0.1) is 24.5 Å². The molecule has 1 saturated carbocycles. The minimum absolute atomic E-state index is 0.548. The van der Waals surface area contributed by atoms with E-state index in [0.717, 1.165) is 29.1 Å². The molecule has 0 amide bonds. The van der Waals surface area contributed by atoms with Crippen molar-refractivity contribution in [3.05, 3.63) is 41.1 Å². The molecular formula is C16H14F2N2. The first-order valence-corrected chi connectivity index (χ1v) is 6.77. The van der Waals surface area contributed by atoms with Crippen LogP contribution in [0.5, 0.6) is 0 Å². The molecule has 0 N–H and O–H groups in total. The predicted octanol–water partition coefficient (Wildman–Crippen LogP) is 4.19. The third-order valence-electron chi connectivity index (χ3n) is 4.56. The van der Waals surface area contributed by atoms with Crippen LogP contribution in [0.2, 0.25) is 0 Å². The monoisotopic (exact) mass is 272 g/mol. The number of aliphatic imine (C=N–C) groups is 1. The van der Waals surface area contributed by atoms with Crippen LogP contribution in [0.15, 0.2) is 23.2 Å². The van der Waals surface area contributed by atoms with Crippen molar-refractivity contribution in [3.8, 4) is 11.1 Å². The third-order valence-corrected chi connectivity index (χ3v) is 4.56. The summed E-state index contributed by atoms with van der Waals surface area (Å²) in [6, 6.07) is 4.11. The van der Waals surface area contributed by atoms with Gasteiger partial charge < -0.3 is 4.57 Å². The molecule has 2 aliphatic rings. The molecule has 2 unspecified atom stereocenters. The smallest absolute Gasteiger partial charge is 0.159 e. The molecule has 2 atom stereocenters. The lowest BCUT2D eigenvalue weighted by molar-refractivity contribution is 0.509. The van der Waals surface area contributed by atoms with Gasteiger partial charge in [0.05, 0.1) is 0 Å². The molecule has 1 fully saturated rings. The molecule has 2 aromatic rings. The van der Waals surface area contributed by atoms with Crippen molar-refractivity contribution in [1.29, 1.82) is 0 Å². The van der Waals surface area contributed by atoms with Crippen molar-refractivity contribution < 1.29 is 8.78 Å². The Hall–Kier alpha value is -1.97. The van der Waals surface area contributed by atoms with Crippen molar-refractivity contribution in [3.63, 3.8) is 0 Å². The Morgan fingerprint density at radius 3 is 2.80 bits per heavy atom. The molecule has 1 aliphatic carbocycles. The molecule has 4 heteroatoms. The maximum absolute atomic E-state index is 13.5. The fraction of sp³-hybridized carbons (Fsp3) is 0.312. The Morgan fingerprint density at radius 2 is 2.10 bits per heavy atom. The molecule has 4 rings (SSSR count). The van der Waals surface area contributed by atoms with Crippen molar-refractivity contribution in [2.45, 2.75) is 25.8 Å². The molecule has 0 bridgehead atoms. The van der Waals surface area contributed by atoms with Crippen LogP contribution in [0.4, 0.5) is 14.6 Å². The average molecular weight is 272 g/mol. The van der Waals surface area contributed by atoms with Gasteiger partial charge in [0.1, 0.15) is 5.82 Å². The van der Waals surface area contributed by atoms with E-state index in [1.807, 2.05) is 6.92 Å². The van der Waals surface area contributed by atoms with Crippen molar-refractivity contribution >= 4 is 12.5 Å². The Kier molecular flexibility index (Phi) is 2.23. The highest BCUT2D eigenvalue weighted by Crippen LogP contribution is 2.59. The van der Waals surface area contributed by atoms with E-state index in [-0.39, 0.29) is 0 Å². The predicted molar refractivity (Wildman–Crippen MR) is 74.6 cm³/mol. The van der Waals surface area contributed by atoms with Gasteiger partial charge in [0.15, 0.2) is 11.6 Å². The summed E-state index contributed by atoms with van der Waals surface area (Å²) in [5, 5.41) is 0. The molecule has 1 aromatic carbocycles. The van der Waals surface area contributed by atoms with Gasteiger partial charge in [-0.15, -0.1) is 0 Å². The van der Waals surface area contributed by atoms with Crippen molar-refractivity contribution in [2.24, 2.45) is 10.9 Å². The Labute approximate surface area is 115 Å². The molecule has 1 aromatic heterocycles. The molecule has 0 radical (unpaired) electrons. The molecule has 102 valence electrons. The molecule has 0 saturated heterocycles. The highest BCUT2D eigenvalue weighted by atomic mass is 19.2. The summed E-state index contributed by atoms with van der Waals surface area (Å²) < 4.78 is 28.9. The van der Waals surface area contributed by atoms with E-state index in [4.69, 9.17) is 0 Å². The normalized spacial score (nSPS) is 22.6. The number of aromatic nitrogens is 1. The number of hydrogen-bond acceptors (Lipinski definition) is 1. The van der Waals surface area contributed by atoms with Crippen LogP contribution in [0.1, 0.15) is 23.6 Å². The van der Waals surface area contributed by atoms with Crippen LogP contribution in [0.25, 0.3) is 11.1 Å². The maximum Gasteiger partial charge on any atom is 0.159 e. The summed E-state index contributed by atoms with van der Waals surface area (Å²) in [7, 11) is 0. The zero-order chi connectivity index (χ0) is 14.0. The third kappa shape index (κ3) is 1.39. The highest BCUT2D eigenvalue weighted by Gasteiger charge is 2.48. The lowest BCUT2D eigenvalue weighted by Crippen LogP contribution is -1.96. The summed E-state index contributed by atoms with van der Waals surface area (Å²) in [6.45, 7) is 6.59. The van der Waals surface area contributed by atoms with Crippen LogP contribution in [-0.4, -0.2) is 11.3 Å².